The van der Waals surface area contributed by atoms with Crippen molar-refractivity contribution in [3.63, 3.8) is 0 Å². The molecule has 4 rings (SSSR count). The molecule has 130 valence electrons. The number of amides is 2. The Hall–Kier alpha value is -2.42. The molecular weight excluding hydrogens is 316 g/mol. The van der Waals surface area contributed by atoms with E-state index >= 15 is 0 Å². The van der Waals surface area contributed by atoms with Gasteiger partial charge in [-0.25, -0.2) is 0 Å². The third-order valence-corrected chi connectivity index (χ3v) is 5.91. The van der Waals surface area contributed by atoms with Crippen LogP contribution in [-0.2, 0) is 15.0 Å². The van der Waals surface area contributed by atoms with E-state index in [4.69, 9.17) is 0 Å². The van der Waals surface area contributed by atoms with E-state index in [9.17, 15) is 14.9 Å². The fourth-order valence-electron chi connectivity index (χ4n) is 4.64. The summed E-state index contributed by atoms with van der Waals surface area (Å²) in [4.78, 5) is 33.8. The number of fused-ring (bicyclic) bond motifs is 2. The molecule has 1 saturated carbocycles. The smallest absolute Gasteiger partial charge is 0.243 e. The van der Waals surface area contributed by atoms with Crippen molar-refractivity contribution in [2.24, 2.45) is 0 Å². The summed E-state index contributed by atoms with van der Waals surface area (Å²) in [5, 5.41) is 9.22. The van der Waals surface area contributed by atoms with E-state index in [2.05, 4.69) is 11.1 Å². The Morgan fingerprint density at radius 3 is 2.88 bits per heavy atom. The molecule has 1 saturated heterocycles. The van der Waals surface area contributed by atoms with E-state index < -0.39 is 5.41 Å². The molecule has 1 spiro atoms. The lowest BCUT2D eigenvalue weighted by molar-refractivity contribution is -0.132. The minimum absolute atomic E-state index is 0.0114. The van der Waals surface area contributed by atoms with E-state index in [1.165, 1.54) is 0 Å². The molecule has 0 radical (unpaired) electrons. The Morgan fingerprint density at radius 1 is 1.32 bits per heavy atom. The first-order valence-electron chi connectivity index (χ1n) is 9.14. The van der Waals surface area contributed by atoms with Crippen LogP contribution in [0.25, 0.3) is 0 Å². The van der Waals surface area contributed by atoms with Crippen molar-refractivity contribution in [2.75, 3.05) is 18.0 Å². The number of nitriles is 1. The highest BCUT2D eigenvalue weighted by molar-refractivity contribution is 6.10. The number of anilines is 1. The maximum atomic E-state index is 13.3. The molecular formula is C19H22N4O2. The predicted molar refractivity (Wildman–Crippen MR) is 91.7 cm³/mol. The van der Waals surface area contributed by atoms with E-state index in [0.29, 0.717) is 6.54 Å². The van der Waals surface area contributed by atoms with Crippen LogP contribution in [-0.4, -0.2) is 40.8 Å². The second-order valence-electron chi connectivity index (χ2n) is 7.28. The predicted octanol–water partition coefficient (Wildman–Crippen LogP) is 2.14. The normalized spacial score (nSPS) is 24.4. The Balaban J connectivity index is 1.63. The first kappa shape index (κ1) is 16.1. The zero-order valence-corrected chi connectivity index (χ0v) is 14.3. The zero-order valence-electron chi connectivity index (χ0n) is 14.3. The lowest BCUT2D eigenvalue weighted by Crippen LogP contribution is -2.47. The number of carbonyl (C=O) groups excluding carboxylic acids is 2. The monoisotopic (exact) mass is 338 g/mol. The van der Waals surface area contributed by atoms with Gasteiger partial charge in [-0.15, -0.1) is 0 Å². The number of pyridine rings is 1. The molecule has 6 nitrogen and oxygen atoms in total. The minimum Gasteiger partial charge on any atom is -0.325 e. The van der Waals surface area contributed by atoms with Crippen LogP contribution >= 0.6 is 0 Å². The molecule has 1 aromatic rings. The van der Waals surface area contributed by atoms with Gasteiger partial charge in [-0.05, 0) is 37.8 Å². The second kappa shape index (κ2) is 6.14. The van der Waals surface area contributed by atoms with Crippen LogP contribution in [0.2, 0.25) is 0 Å². The highest BCUT2D eigenvalue weighted by Crippen LogP contribution is 2.48. The van der Waals surface area contributed by atoms with E-state index in [1.807, 2.05) is 12.1 Å². The molecule has 2 amide bonds. The quantitative estimate of drug-likeness (QED) is 0.828. The Labute approximate surface area is 147 Å². The summed E-state index contributed by atoms with van der Waals surface area (Å²) in [6.07, 6.45) is 8.11. The van der Waals surface area contributed by atoms with Gasteiger partial charge in [0.2, 0.25) is 11.8 Å². The lowest BCUT2D eigenvalue weighted by Gasteiger charge is -2.32. The molecule has 25 heavy (non-hydrogen) atoms. The van der Waals surface area contributed by atoms with Crippen molar-refractivity contribution in [1.29, 1.82) is 5.26 Å². The molecule has 2 fully saturated rings. The SMILES string of the molecule is N#CC1CCCN1C(=O)CN1C(=O)C2(CCCCC2)c2ncccc21. The van der Waals surface area contributed by atoms with Gasteiger partial charge >= 0.3 is 0 Å². The van der Waals surface area contributed by atoms with Crippen molar-refractivity contribution < 1.29 is 9.59 Å². The minimum atomic E-state index is -0.547. The van der Waals surface area contributed by atoms with Gasteiger partial charge in [0, 0.05) is 12.7 Å². The van der Waals surface area contributed by atoms with Gasteiger partial charge in [0.1, 0.15) is 12.6 Å². The molecule has 3 heterocycles. The van der Waals surface area contributed by atoms with Gasteiger partial charge in [0.05, 0.1) is 22.9 Å². The maximum absolute atomic E-state index is 13.3. The van der Waals surface area contributed by atoms with E-state index in [0.717, 1.165) is 56.3 Å². The van der Waals surface area contributed by atoms with Crippen molar-refractivity contribution in [3.05, 3.63) is 24.0 Å². The molecule has 0 bridgehead atoms. The molecule has 6 heteroatoms. The third kappa shape index (κ3) is 2.41. The summed E-state index contributed by atoms with van der Waals surface area (Å²) >= 11 is 0. The Bertz CT molecular complexity index is 748. The molecule has 2 aliphatic heterocycles. The van der Waals surface area contributed by atoms with Gasteiger partial charge in [0.25, 0.3) is 0 Å². The molecule has 3 aliphatic rings. The van der Waals surface area contributed by atoms with Gasteiger partial charge in [-0.3, -0.25) is 14.6 Å². The van der Waals surface area contributed by atoms with Crippen LogP contribution in [0.1, 0.15) is 50.6 Å². The Kier molecular flexibility index (Phi) is 3.95. The summed E-state index contributed by atoms with van der Waals surface area (Å²) < 4.78 is 0. The first-order valence-corrected chi connectivity index (χ1v) is 9.14. The van der Waals surface area contributed by atoms with E-state index in [1.54, 1.807) is 16.0 Å². The number of carbonyl (C=O) groups is 2. The van der Waals surface area contributed by atoms with Gasteiger partial charge in [-0.2, -0.15) is 5.26 Å². The Morgan fingerprint density at radius 2 is 2.12 bits per heavy atom. The van der Waals surface area contributed by atoms with Crippen molar-refractivity contribution in [3.8, 4) is 6.07 Å². The number of hydrogen-bond acceptors (Lipinski definition) is 4. The van der Waals surface area contributed by atoms with Gasteiger partial charge < -0.3 is 9.80 Å². The lowest BCUT2D eigenvalue weighted by atomic mass is 9.72. The van der Waals surface area contributed by atoms with Crippen molar-refractivity contribution >= 4 is 17.5 Å². The largest absolute Gasteiger partial charge is 0.325 e. The summed E-state index contributed by atoms with van der Waals surface area (Å²) in [5.74, 6) is -0.123. The number of nitrogens with zero attached hydrogens (tertiary/aromatic N) is 4. The molecule has 0 aromatic carbocycles. The molecule has 1 aromatic heterocycles. The maximum Gasteiger partial charge on any atom is 0.243 e. The number of likely N-dealkylation sites (tertiary alicyclic amines) is 1. The average molecular weight is 338 g/mol. The second-order valence-corrected chi connectivity index (χ2v) is 7.28. The van der Waals surface area contributed by atoms with Crippen molar-refractivity contribution in [2.45, 2.75) is 56.4 Å². The third-order valence-electron chi connectivity index (χ3n) is 5.91. The fourth-order valence-corrected chi connectivity index (χ4v) is 4.64. The topological polar surface area (TPSA) is 77.3 Å². The molecule has 0 N–H and O–H groups in total. The number of hydrogen-bond donors (Lipinski definition) is 0. The van der Waals surface area contributed by atoms with Crippen LogP contribution in [0.15, 0.2) is 18.3 Å². The average Bonchev–Trinajstić information content (AvgIpc) is 3.21. The zero-order chi connectivity index (χ0) is 17.4. The number of aromatic nitrogens is 1. The van der Waals surface area contributed by atoms with Gasteiger partial charge in [-0.1, -0.05) is 19.3 Å². The van der Waals surface area contributed by atoms with Crippen LogP contribution < -0.4 is 4.90 Å². The fraction of sp³-hybridized carbons (Fsp3) is 0.579. The summed E-state index contributed by atoms with van der Waals surface area (Å²) in [5.41, 5.74) is 1.07. The van der Waals surface area contributed by atoms with Crippen LogP contribution in [0, 0.1) is 11.3 Å². The molecule has 1 atom stereocenters. The summed E-state index contributed by atoms with van der Waals surface area (Å²) in [6.45, 7) is 0.613. The van der Waals surface area contributed by atoms with Crippen LogP contribution in [0.4, 0.5) is 5.69 Å². The van der Waals surface area contributed by atoms with Crippen molar-refractivity contribution in [1.82, 2.24) is 9.88 Å². The van der Waals surface area contributed by atoms with Gasteiger partial charge in [0.15, 0.2) is 0 Å². The van der Waals surface area contributed by atoms with Crippen LogP contribution in [0.3, 0.4) is 0 Å². The number of rotatable bonds is 2. The highest BCUT2D eigenvalue weighted by Gasteiger charge is 2.52. The standard InChI is InChI=1S/C19H22N4O2/c20-12-14-6-5-11-22(14)16(24)13-23-15-7-4-10-21-17(15)19(18(23)25)8-2-1-3-9-19/h4,7,10,14H,1-3,5-6,8-9,11,13H2. The summed E-state index contributed by atoms with van der Waals surface area (Å²) in [6, 6.07) is 5.55. The summed E-state index contributed by atoms with van der Waals surface area (Å²) in [7, 11) is 0. The highest BCUT2D eigenvalue weighted by atomic mass is 16.2. The first-order chi connectivity index (χ1) is 12.2. The molecule has 1 aliphatic carbocycles. The van der Waals surface area contributed by atoms with Crippen LogP contribution in [0.5, 0.6) is 0 Å². The molecule has 1 unspecified atom stereocenters. The van der Waals surface area contributed by atoms with E-state index in [-0.39, 0.29) is 24.4 Å².